The Morgan fingerprint density at radius 2 is 1.96 bits per heavy atom. The summed E-state index contributed by atoms with van der Waals surface area (Å²) in [6.45, 7) is 12.2. The third-order valence-corrected chi connectivity index (χ3v) is 10.0. The van der Waals surface area contributed by atoms with E-state index in [-0.39, 0.29) is 0 Å². The zero-order chi connectivity index (χ0) is 19.9. The fourth-order valence-corrected chi connectivity index (χ4v) is 8.30. The lowest BCUT2D eigenvalue weighted by Gasteiger charge is -2.58. The number of allylic oxidation sites excluding steroid dienone is 6. The van der Waals surface area contributed by atoms with E-state index in [4.69, 9.17) is 0 Å². The second-order valence-electron chi connectivity index (χ2n) is 11.3. The minimum absolute atomic E-state index is 0.478. The third kappa shape index (κ3) is 3.18. The highest BCUT2D eigenvalue weighted by Gasteiger charge is 2.57. The molecule has 0 aromatic carbocycles. The van der Waals surface area contributed by atoms with Gasteiger partial charge in [-0.25, -0.2) is 0 Å². The summed E-state index contributed by atoms with van der Waals surface area (Å²) < 4.78 is 0. The van der Waals surface area contributed by atoms with Crippen LogP contribution in [0.25, 0.3) is 0 Å². The highest BCUT2D eigenvalue weighted by atomic mass is 14.6. The largest absolute Gasteiger partial charge is 0.0882 e. The van der Waals surface area contributed by atoms with Crippen molar-refractivity contribution in [3.8, 4) is 0 Å². The van der Waals surface area contributed by atoms with Crippen molar-refractivity contribution in [2.75, 3.05) is 0 Å². The zero-order valence-electron chi connectivity index (χ0n) is 19.3. The molecule has 0 amide bonds. The van der Waals surface area contributed by atoms with E-state index < -0.39 is 0 Å². The van der Waals surface area contributed by atoms with Gasteiger partial charge in [-0.3, -0.25) is 0 Å². The number of rotatable bonds is 5. The van der Waals surface area contributed by atoms with Gasteiger partial charge in [0.25, 0.3) is 0 Å². The van der Waals surface area contributed by atoms with Gasteiger partial charge >= 0.3 is 0 Å². The molecule has 156 valence electrons. The van der Waals surface area contributed by atoms with Crippen LogP contribution in [0.2, 0.25) is 0 Å². The fourth-order valence-electron chi connectivity index (χ4n) is 8.30. The van der Waals surface area contributed by atoms with Crippen LogP contribution in [-0.4, -0.2) is 0 Å². The quantitative estimate of drug-likeness (QED) is 0.419. The Labute approximate surface area is 175 Å². The Balaban J connectivity index is 1.54. The van der Waals surface area contributed by atoms with Crippen molar-refractivity contribution in [1.29, 1.82) is 0 Å². The monoisotopic (exact) mass is 380 g/mol. The van der Waals surface area contributed by atoms with E-state index in [1.54, 1.807) is 11.1 Å². The van der Waals surface area contributed by atoms with Crippen molar-refractivity contribution in [2.24, 2.45) is 40.4 Å². The van der Waals surface area contributed by atoms with Gasteiger partial charge in [-0.15, -0.1) is 0 Å². The molecule has 0 spiro atoms. The van der Waals surface area contributed by atoms with Gasteiger partial charge in [-0.2, -0.15) is 0 Å². The molecule has 2 fully saturated rings. The first-order chi connectivity index (χ1) is 13.4. The van der Waals surface area contributed by atoms with Gasteiger partial charge in [0.15, 0.2) is 0 Å². The van der Waals surface area contributed by atoms with Crippen LogP contribution in [-0.2, 0) is 0 Å². The lowest BCUT2D eigenvalue weighted by molar-refractivity contribution is -0.0558. The standard InChI is InChI=1S/C28H44/c1-6-22(20(2)3)13-12-21(4)28-18-9-11-26(28)24-15-14-23-10-7-8-17-27(23,5)25(24)16-19-28/h6-7,10,14,20-21,24-26H,8-9,11-13,15-19H2,1-5H3/b22-6-/t21-,24-,25+,26+,27+,28+/m1/s1. The van der Waals surface area contributed by atoms with Gasteiger partial charge in [0.05, 0.1) is 0 Å². The molecule has 0 radical (unpaired) electrons. The van der Waals surface area contributed by atoms with Gasteiger partial charge in [-0.05, 0) is 111 Å². The van der Waals surface area contributed by atoms with Crippen LogP contribution in [0, 0.1) is 40.4 Å². The highest BCUT2D eigenvalue weighted by molar-refractivity contribution is 5.34. The summed E-state index contributed by atoms with van der Waals surface area (Å²) in [6.07, 6.45) is 24.3. The van der Waals surface area contributed by atoms with Crippen LogP contribution in [0.15, 0.2) is 35.5 Å². The summed E-state index contributed by atoms with van der Waals surface area (Å²) in [5.74, 6) is 4.51. The van der Waals surface area contributed by atoms with E-state index in [0.29, 0.717) is 16.7 Å². The lowest BCUT2D eigenvalue weighted by atomic mass is 9.46. The summed E-state index contributed by atoms with van der Waals surface area (Å²) >= 11 is 0. The number of fused-ring (bicyclic) bond motifs is 5. The fraction of sp³-hybridized carbons (Fsp3) is 0.786. The molecule has 0 unspecified atom stereocenters. The predicted molar refractivity (Wildman–Crippen MR) is 122 cm³/mol. The van der Waals surface area contributed by atoms with Crippen LogP contribution in [0.1, 0.15) is 98.8 Å². The number of hydrogen-bond donors (Lipinski definition) is 0. The van der Waals surface area contributed by atoms with Crippen molar-refractivity contribution >= 4 is 0 Å². The molecule has 0 heteroatoms. The molecule has 0 aliphatic heterocycles. The molecule has 0 heterocycles. The van der Waals surface area contributed by atoms with Crippen molar-refractivity contribution < 1.29 is 0 Å². The second-order valence-corrected chi connectivity index (χ2v) is 11.3. The van der Waals surface area contributed by atoms with E-state index >= 15 is 0 Å². The second kappa shape index (κ2) is 7.81. The Morgan fingerprint density at radius 3 is 2.71 bits per heavy atom. The maximum absolute atomic E-state index is 2.66. The minimum Gasteiger partial charge on any atom is -0.0882 e. The smallest absolute Gasteiger partial charge is 0.00445 e. The molecule has 4 aliphatic rings. The van der Waals surface area contributed by atoms with Crippen LogP contribution < -0.4 is 0 Å². The Morgan fingerprint density at radius 1 is 1.14 bits per heavy atom. The summed E-state index contributed by atoms with van der Waals surface area (Å²) in [5, 5.41) is 0. The first-order valence-electron chi connectivity index (χ1n) is 12.4. The Hall–Kier alpha value is -0.780. The lowest BCUT2D eigenvalue weighted by Crippen LogP contribution is -2.50. The van der Waals surface area contributed by atoms with Crippen molar-refractivity contribution in [1.82, 2.24) is 0 Å². The molecule has 0 N–H and O–H groups in total. The van der Waals surface area contributed by atoms with Crippen LogP contribution >= 0.6 is 0 Å². The van der Waals surface area contributed by atoms with E-state index in [9.17, 15) is 0 Å². The van der Waals surface area contributed by atoms with E-state index in [1.165, 1.54) is 64.2 Å². The van der Waals surface area contributed by atoms with Crippen LogP contribution in [0.3, 0.4) is 0 Å². The Kier molecular flexibility index (Phi) is 5.71. The average molecular weight is 381 g/mol. The maximum atomic E-state index is 2.66. The first kappa shape index (κ1) is 20.5. The average Bonchev–Trinajstić information content (AvgIpc) is 3.13. The van der Waals surface area contributed by atoms with Gasteiger partial charge < -0.3 is 0 Å². The Bertz CT molecular complexity index is 662. The van der Waals surface area contributed by atoms with E-state index in [1.807, 2.05) is 0 Å². The third-order valence-electron chi connectivity index (χ3n) is 10.0. The maximum Gasteiger partial charge on any atom is -0.00445 e. The minimum atomic E-state index is 0.478. The highest BCUT2D eigenvalue weighted by Crippen LogP contribution is 2.66. The van der Waals surface area contributed by atoms with Crippen LogP contribution in [0.5, 0.6) is 0 Å². The van der Waals surface area contributed by atoms with Gasteiger partial charge in [0.1, 0.15) is 0 Å². The van der Waals surface area contributed by atoms with Crippen molar-refractivity contribution in [3.63, 3.8) is 0 Å². The molecule has 2 saturated carbocycles. The van der Waals surface area contributed by atoms with Crippen LogP contribution in [0.4, 0.5) is 0 Å². The molecule has 0 bridgehead atoms. The molecule has 4 aliphatic carbocycles. The van der Waals surface area contributed by atoms with Gasteiger partial charge in [0, 0.05) is 0 Å². The topological polar surface area (TPSA) is 0 Å². The molecule has 0 saturated heterocycles. The first-order valence-corrected chi connectivity index (χ1v) is 12.4. The normalized spacial score (nSPS) is 41.3. The van der Waals surface area contributed by atoms with Gasteiger partial charge in [0.2, 0.25) is 0 Å². The summed E-state index contributed by atoms with van der Waals surface area (Å²) in [5.41, 5.74) is 4.50. The number of hydrogen-bond acceptors (Lipinski definition) is 0. The van der Waals surface area contributed by atoms with Gasteiger partial charge in [-0.1, -0.05) is 64.0 Å². The van der Waals surface area contributed by atoms with Crippen molar-refractivity contribution in [3.05, 3.63) is 35.5 Å². The van der Waals surface area contributed by atoms with E-state index in [0.717, 1.165) is 23.7 Å². The molecule has 0 nitrogen and oxygen atoms in total. The summed E-state index contributed by atoms with van der Waals surface area (Å²) in [4.78, 5) is 0. The molecular weight excluding hydrogens is 336 g/mol. The molecule has 28 heavy (non-hydrogen) atoms. The summed E-state index contributed by atoms with van der Waals surface area (Å²) in [7, 11) is 0. The predicted octanol–water partition coefficient (Wildman–Crippen LogP) is 8.50. The summed E-state index contributed by atoms with van der Waals surface area (Å²) in [6, 6.07) is 0. The molecule has 0 aromatic rings. The molecule has 4 rings (SSSR count). The van der Waals surface area contributed by atoms with Crippen molar-refractivity contribution in [2.45, 2.75) is 98.8 Å². The SMILES string of the molecule is C/C=C(/CC[C@@H](C)[C@@]12CCC[C@H]1[C@@H]1CC=C3C=CCC[C@]3(C)[C@H]1CC2)C(C)C. The zero-order valence-corrected chi connectivity index (χ0v) is 19.3. The molecule has 0 aromatic heterocycles. The molecule has 6 atom stereocenters. The molecular formula is C28H44. The van der Waals surface area contributed by atoms with E-state index in [2.05, 4.69) is 58.9 Å².